The maximum absolute atomic E-state index is 13.4. The van der Waals surface area contributed by atoms with Crippen molar-refractivity contribution in [3.05, 3.63) is 84.3 Å². The molecule has 0 aliphatic carbocycles. The molecular formula is C33H44N6O6. The van der Waals surface area contributed by atoms with E-state index in [1.165, 1.54) is 26.4 Å². The molecule has 2 aromatic carbocycles. The summed E-state index contributed by atoms with van der Waals surface area (Å²) in [5.41, 5.74) is -0.261. The van der Waals surface area contributed by atoms with Gasteiger partial charge in [0.2, 0.25) is 11.8 Å². The van der Waals surface area contributed by atoms with E-state index < -0.39 is 35.1 Å². The van der Waals surface area contributed by atoms with E-state index in [-0.39, 0.29) is 37.5 Å². The number of amides is 4. The summed E-state index contributed by atoms with van der Waals surface area (Å²) in [5, 5.41) is 7.90. The van der Waals surface area contributed by atoms with Crippen molar-refractivity contribution in [3.63, 3.8) is 0 Å². The summed E-state index contributed by atoms with van der Waals surface area (Å²) in [7, 11) is 1.74. The van der Waals surface area contributed by atoms with Gasteiger partial charge in [0.1, 0.15) is 23.7 Å². The first-order chi connectivity index (χ1) is 21.1. The van der Waals surface area contributed by atoms with Crippen molar-refractivity contribution < 1.29 is 28.7 Å². The van der Waals surface area contributed by atoms with Gasteiger partial charge < -0.3 is 34.9 Å². The van der Waals surface area contributed by atoms with E-state index in [4.69, 9.17) is 9.47 Å². The minimum absolute atomic E-state index is 0.0153. The lowest BCUT2D eigenvalue weighted by molar-refractivity contribution is -0.132. The van der Waals surface area contributed by atoms with Gasteiger partial charge in [-0.3, -0.25) is 14.4 Å². The van der Waals surface area contributed by atoms with Crippen LogP contribution in [0.4, 0.5) is 10.6 Å². The minimum Gasteiger partial charge on any atom is -0.444 e. The number of aromatic nitrogens is 2. The molecule has 1 aromatic heterocycles. The second-order valence-electron chi connectivity index (χ2n) is 12.3. The number of carbonyl (C=O) groups excluding carboxylic acids is 4. The molecular weight excluding hydrogens is 576 g/mol. The summed E-state index contributed by atoms with van der Waals surface area (Å²) in [6, 6.07) is 17.8. The van der Waals surface area contributed by atoms with Gasteiger partial charge in [-0.2, -0.15) is 0 Å². The number of carbonyl (C=O) groups is 4. The molecule has 0 fully saturated rings. The third kappa shape index (κ3) is 11.1. The van der Waals surface area contributed by atoms with Crippen molar-refractivity contribution in [3.8, 4) is 0 Å². The van der Waals surface area contributed by atoms with Crippen LogP contribution in [0.25, 0.3) is 0 Å². The van der Waals surface area contributed by atoms with Crippen molar-refractivity contribution in [2.75, 3.05) is 19.0 Å². The fraction of sp³-hybridized carbons (Fsp3) is 0.424. The Labute approximate surface area is 264 Å². The molecule has 45 heavy (non-hydrogen) atoms. The lowest BCUT2D eigenvalue weighted by atomic mass is 10.0. The van der Waals surface area contributed by atoms with Crippen LogP contribution in [0.2, 0.25) is 0 Å². The number of hydrogen-bond acceptors (Lipinski definition) is 7. The van der Waals surface area contributed by atoms with Crippen molar-refractivity contribution in [2.45, 2.75) is 77.9 Å². The standard InChI is InChI=1S/C33H44N6O6/c1-23(25-16-12-9-13-17-25)38(7)28(40)19-39-18-27(34-22-39)36-29(41)26(21-44-20-24-14-10-8-11-15-24)35-30(42)33(5,6)37-31(43)45-32(2,3)4/h8-18,22-23,26H,19-21H2,1-7H3,(H,35,42)(H,36,41)(H,37,43). The number of benzene rings is 2. The molecule has 0 spiro atoms. The number of nitrogens with one attached hydrogen (secondary N) is 3. The second kappa shape index (κ2) is 15.3. The molecule has 0 aliphatic rings. The van der Waals surface area contributed by atoms with Crippen LogP contribution in [0.3, 0.4) is 0 Å². The zero-order valence-corrected chi connectivity index (χ0v) is 27.0. The van der Waals surface area contributed by atoms with Gasteiger partial charge in [0.15, 0.2) is 5.82 Å². The summed E-state index contributed by atoms with van der Waals surface area (Å²) in [6.07, 6.45) is 2.21. The Morgan fingerprint density at radius 3 is 2.20 bits per heavy atom. The number of imidazole rings is 1. The summed E-state index contributed by atoms with van der Waals surface area (Å²) in [4.78, 5) is 57.8. The molecule has 2 atom stereocenters. The molecule has 12 nitrogen and oxygen atoms in total. The van der Waals surface area contributed by atoms with Gasteiger partial charge in [-0.15, -0.1) is 0 Å². The van der Waals surface area contributed by atoms with Gasteiger partial charge >= 0.3 is 6.09 Å². The van der Waals surface area contributed by atoms with E-state index in [2.05, 4.69) is 20.9 Å². The molecule has 2 unspecified atom stereocenters. The zero-order chi connectivity index (χ0) is 33.2. The van der Waals surface area contributed by atoms with Crippen LogP contribution < -0.4 is 16.0 Å². The number of rotatable bonds is 13. The van der Waals surface area contributed by atoms with Crippen LogP contribution in [0, 0.1) is 0 Å². The molecule has 3 rings (SSSR count). The molecule has 242 valence electrons. The molecule has 12 heteroatoms. The number of likely N-dealkylation sites (N-methyl/N-ethyl adjacent to an activating group) is 1. The fourth-order valence-electron chi connectivity index (χ4n) is 4.17. The van der Waals surface area contributed by atoms with Gasteiger partial charge in [-0.1, -0.05) is 60.7 Å². The molecule has 3 N–H and O–H groups in total. The van der Waals surface area contributed by atoms with E-state index in [9.17, 15) is 19.2 Å². The molecule has 0 saturated carbocycles. The van der Waals surface area contributed by atoms with E-state index in [1.807, 2.05) is 67.6 Å². The predicted octanol–water partition coefficient (Wildman–Crippen LogP) is 4.05. The smallest absolute Gasteiger partial charge is 0.408 e. The molecule has 0 aliphatic heterocycles. The van der Waals surface area contributed by atoms with E-state index >= 15 is 0 Å². The molecule has 3 aromatic rings. The monoisotopic (exact) mass is 620 g/mol. The Bertz CT molecular complexity index is 1430. The first-order valence-electron chi connectivity index (χ1n) is 14.7. The first-order valence-corrected chi connectivity index (χ1v) is 14.7. The molecule has 1 heterocycles. The van der Waals surface area contributed by atoms with Crippen molar-refractivity contribution >= 4 is 29.6 Å². The number of hydrogen-bond donors (Lipinski definition) is 3. The largest absolute Gasteiger partial charge is 0.444 e. The highest BCUT2D eigenvalue weighted by molar-refractivity contribution is 5.98. The van der Waals surface area contributed by atoms with Crippen LogP contribution >= 0.6 is 0 Å². The van der Waals surface area contributed by atoms with Crippen LogP contribution in [-0.4, -0.2) is 69.1 Å². The van der Waals surface area contributed by atoms with Crippen LogP contribution in [0.15, 0.2) is 73.2 Å². The Balaban J connectivity index is 1.66. The number of nitrogens with zero attached hydrogens (tertiary/aromatic N) is 3. The average Bonchev–Trinajstić information content (AvgIpc) is 3.41. The van der Waals surface area contributed by atoms with Crippen molar-refractivity contribution in [1.29, 1.82) is 0 Å². The maximum atomic E-state index is 13.4. The highest BCUT2D eigenvalue weighted by atomic mass is 16.6. The number of alkyl carbamates (subject to hydrolysis) is 1. The average molecular weight is 621 g/mol. The summed E-state index contributed by atoms with van der Waals surface area (Å²) >= 11 is 0. The van der Waals surface area contributed by atoms with Crippen molar-refractivity contribution in [1.82, 2.24) is 25.1 Å². The Morgan fingerprint density at radius 2 is 1.58 bits per heavy atom. The number of anilines is 1. The second-order valence-corrected chi connectivity index (χ2v) is 12.3. The molecule has 0 radical (unpaired) electrons. The highest BCUT2D eigenvalue weighted by Crippen LogP contribution is 2.19. The summed E-state index contributed by atoms with van der Waals surface area (Å²) in [5.74, 6) is -1.15. The van der Waals surface area contributed by atoms with Crippen LogP contribution in [0.5, 0.6) is 0 Å². The highest BCUT2D eigenvalue weighted by Gasteiger charge is 2.34. The van der Waals surface area contributed by atoms with E-state index in [0.29, 0.717) is 0 Å². The van der Waals surface area contributed by atoms with E-state index in [1.54, 1.807) is 37.3 Å². The minimum atomic E-state index is -1.41. The quantitative estimate of drug-likeness (QED) is 0.262. The van der Waals surface area contributed by atoms with Crippen LogP contribution in [-0.2, 0) is 37.0 Å². The van der Waals surface area contributed by atoms with E-state index in [0.717, 1.165) is 11.1 Å². The fourth-order valence-corrected chi connectivity index (χ4v) is 4.17. The van der Waals surface area contributed by atoms with Crippen LogP contribution in [0.1, 0.15) is 58.7 Å². The van der Waals surface area contributed by atoms with Gasteiger partial charge in [-0.05, 0) is 52.7 Å². The molecule has 0 bridgehead atoms. The summed E-state index contributed by atoms with van der Waals surface area (Å²) in [6.45, 7) is 10.2. The van der Waals surface area contributed by atoms with Gasteiger partial charge in [0.05, 0.1) is 25.6 Å². The first kappa shape index (κ1) is 34.8. The lowest BCUT2D eigenvalue weighted by Gasteiger charge is -2.29. The SMILES string of the molecule is CC(c1ccccc1)N(C)C(=O)Cn1cnc(NC(=O)C(COCc2ccccc2)NC(=O)C(C)(C)NC(=O)OC(C)(C)C)c1. The van der Waals surface area contributed by atoms with Gasteiger partial charge in [0.25, 0.3) is 5.91 Å². The molecule has 4 amide bonds. The Morgan fingerprint density at radius 1 is 0.956 bits per heavy atom. The van der Waals surface area contributed by atoms with Gasteiger partial charge in [-0.25, -0.2) is 9.78 Å². The Hall–Kier alpha value is -4.71. The molecule has 0 saturated heterocycles. The Kier molecular flexibility index (Phi) is 11.9. The van der Waals surface area contributed by atoms with Crippen molar-refractivity contribution in [2.24, 2.45) is 0 Å². The number of ether oxygens (including phenoxy) is 2. The maximum Gasteiger partial charge on any atom is 0.408 e. The third-order valence-electron chi connectivity index (χ3n) is 6.86. The van der Waals surface area contributed by atoms with Gasteiger partial charge in [0, 0.05) is 13.2 Å². The lowest BCUT2D eigenvalue weighted by Crippen LogP contribution is -2.59. The predicted molar refractivity (Wildman–Crippen MR) is 170 cm³/mol. The zero-order valence-electron chi connectivity index (χ0n) is 27.0. The summed E-state index contributed by atoms with van der Waals surface area (Å²) < 4.78 is 12.6. The normalized spacial score (nSPS) is 12.9. The third-order valence-corrected chi connectivity index (χ3v) is 6.86. The topological polar surface area (TPSA) is 144 Å².